The topological polar surface area (TPSA) is 38.3 Å². The van der Waals surface area contributed by atoms with Crippen LogP contribution in [0.25, 0.3) is 0 Å². The summed E-state index contributed by atoms with van der Waals surface area (Å²) in [6, 6.07) is 10.7. The van der Waals surface area contributed by atoms with Crippen molar-refractivity contribution >= 4 is 34.8 Å². The van der Waals surface area contributed by atoms with E-state index in [2.05, 4.69) is 5.32 Å². The maximum atomic E-state index is 12.2. The number of carbonyl (C=O) groups is 1. The number of rotatable bonds is 4. The van der Waals surface area contributed by atoms with Crippen molar-refractivity contribution in [3.05, 3.63) is 57.6 Å². The Labute approximate surface area is 140 Å². The van der Waals surface area contributed by atoms with Crippen molar-refractivity contribution in [2.45, 2.75) is 26.9 Å². The number of ether oxygens (including phenoxy) is 1. The Morgan fingerprint density at radius 3 is 2.55 bits per heavy atom. The minimum absolute atomic E-state index is 0.247. The minimum Gasteiger partial charge on any atom is -0.479 e. The van der Waals surface area contributed by atoms with Crippen molar-refractivity contribution in [2.24, 2.45) is 0 Å². The van der Waals surface area contributed by atoms with Crippen LogP contribution in [-0.2, 0) is 4.79 Å². The van der Waals surface area contributed by atoms with E-state index >= 15 is 0 Å². The highest BCUT2D eigenvalue weighted by molar-refractivity contribution is 6.32. The zero-order chi connectivity index (χ0) is 16.3. The van der Waals surface area contributed by atoms with Crippen molar-refractivity contribution < 1.29 is 9.53 Å². The first-order valence-electron chi connectivity index (χ1n) is 6.86. The van der Waals surface area contributed by atoms with Crippen molar-refractivity contribution in [2.75, 3.05) is 5.32 Å². The maximum Gasteiger partial charge on any atom is 0.265 e. The summed E-state index contributed by atoms with van der Waals surface area (Å²) in [6.45, 7) is 5.49. The van der Waals surface area contributed by atoms with Gasteiger partial charge in [-0.15, -0.1) is 0 Å². The molecule has 3 nitrogen and oxygen atoms in total. The van der Waals surface area contributed by atoms with Gasteiger partial charge in [-0.3, -0.25) is 4.79 Å². The van der Waals surface area contributed by atoms with Crippen LogP contribution in [0.3, 0.4) is 0 Å². The smallest absolute Gasteiger partial charge is 0.265 e. The second kappa shape index (κ2) is 7.03. The van der Waals surface area contributed by atoms with Gasteiger partial charge >= 0.3 is 0 Å². The first-order valence-corrected chi connectivity index (χ1v) is 7.62. The Bertz CT molecular complexity index is 701. The van der Waals surface area contributed by atoms with Crippen molar-refractivity contribution in [1.29, 1.82) is 0 Å². The molecule has 2 aromatic rings. The van der Waals surface area contributed by atoms with E-state index in [0.717, 1.165) is 11.1 Å². The van der Waals surface area contributed by atoms with E-state index in [1.165, 1.54) is 0 Å². The average molecular weight is 338 g/mol. The molecule has 22 heavy (non-hydrogen) atoms. The van der Waals surface area contributed by atoms with Crippen LogP contribution in [0, 0.1) is 13.8 Å². The molecular weight excluding hydrogens is 321 g/mol. The summed E-state index contributed by atoms with van der Waals surface area (Å²) >= 11 is 12.0. The molecule has 2 rings (SSSR count). The van der Waals surface area contributed by atoms with Crippen LogP contribution in [0.15, 0.2) is 36.4 Å². The molecule has 0 aliphatic carbocycles. The number of anilines is 1. The van der Waals surface area contributed by atoms with Gasteiger partial charge in [0.2, 0.25) is 0 Å². The Hall–Kier alpha value is -1.71. The molecule has 0 spiro atoms. The highest BCUT2D eigenvalue weighted by Crippen LogP contribution is 2.26. The van der Waals surface area contributed by atoms with E-state index < -0.39 is 6.10 Å². The third-order valence-corrected chi connectivity index (χ3v) is 3.75. The van der Waals surface area contributed by atoms with Gasteiger partial charge in [0.05, 0.1) is 5.02 Å². The molecule has 2 aromatic carbocycles. The van der Waals surface area contributed by atoms with Crippen molar-refractivity contribution in [1.82, 2.24) is 0 Å². The molecule has 0 radical (unpaired) electrons. The van der Waals surface area contributed by atoms with Gasteiger partial charge in [0.25, 0.3) is 5.91 Å². The zero-order valence-corrected chi connectivity index (χ0v) is 14.1. The maximum absolute atomic E-state index is 12.2. The van der Waals surface area contributed by atoms with E-state index in [1.807, 2.05) is 19.9 Å². The number of halogens is 2. The van der Waals surface area contributed by atoms with Crippen LogP contribution < -0.4 is 10.1 Å². The van der Waals surface area contributed by atoms with E-state index in [4.69, 9.17) is 27.9 Å². The van der Waals surface area contributed by atoms with Gasteiger partial charge in [-0.05, 0) is 62.2 Å². The monoisotopic (exact) mass is 337 g/mol. The second-order valence-corrected chi connectivity index (χ2v) is 5.99. The van der Waals surface area contributed by atoms with Crippen LogP contribution in [0.4, 0.5) is 5.69 Å². The Morgan fingerprint density at radius 2 is 1.86 bits per heavy atom. The molecule has 1 N–H and O–H groups in total. The molecule has 1 atom stereocenters. The van der Waals surface area contributed by atoms with Crippen LogP contribution in [0.2, 0.25) is 10.0 Å². The molecule has 116 valence electrons. The van der Waals surface area contributed by atoms with Crippen LogP contribution >= 0.6 is 23.2 Å². The number of hydrogen-bond acceptors (Lipinski definition) is 2. The number of carbonyl (C=O) groups excluding carboxylic acids is 1. The van der Waals surface area contributed by atoms with E-state index in [-0.39, 0.29) is 5.91 Å². The third-order valence-electron chi connectivity index (χ3n) is 3.21. The van der Waals surface area contributed by atoms with Gasteiger partial charge in [-0.25, -0.2) is 0 Å². The highest BCUT2D eigenvalue weighted by Gasteiger charge is 2.17. The fourth-order valence-electron chi connectivity index (χ4n) is 1.95. The summed E-state index contributed by atoms with van der Waals surface area (Å²) < 4.78 is 5.65. The summed E-state index contributed by atoms with van der Waals surface area (Å²) in [7, 11) is 0. The lowest BCUT2D eigenvalue weighted by Crippen LogP contribution is -2.30. The fourth-order valence-corrected chi connectivity index (χ4v) is 2.34. The molecule has 5 heteroatoms. The molecule has 0 aliphatic rings. The minimum atomic E-state index is -0.672. The van der Waals surface area contributed by atoms with Crippen LogP contribution in [0.5, 0.6) is 5.75 Å². The molecule has 1 amide bonds. The fraction of sp³-hybridized carbons (Fsp3) is 0.235. The zero-order valence-electron chi connectivity index (χ0n) is 12.6. The van der Waals surface area contributed by atoms with E-state index in [0.29, 0.717) is 21.5 Å². The molecule has 0 aromatic heterocycles. The Morgan fingerprint density at radius 1 is 1.14 bits per heavy atom. The molecule has 0 bridgehead atoms. The van der Waals surface area contributed by atoms with Crippen LogP contribution in [-0.4, -0.2) is 12.0 Å². The lowest BCUT2D eigenvalue weighted by Gasteiger charge is -2.17. The largest absolute Gasteiger partial charge is 0.479 e. The summed E-state index contributed by atoms with van der Waals surface area (Å²) in [4.78, 5) is 12.2. The van der Waals surface area contributed by atoms with Crippen molar-refractivity contribution in [3.8, 4) is 5.75 Å². The SMILES string of the molecule is Cc1ccc(Cl)c(OC(C)C(=O)Nc2ccc(Cl)cc2C)c1. The Kier molecular flexibility index (Phi) is 5.33. The number of nitrogens with one attached hydrogen (secondary N) is 1. The van der Waals surface area contributed by atoms with Gasteiger partial charge in [0.1, 0.15) is 5.75 Å². The third kappa shape index (κ3) is 4.15. The quantitative estimate of drug-likeness (QED) is 0.850. The highest BCUT2D eigenvalue weighted by atomic mass is 35.5. The summed E-state index contributed by atoms with van der Waals surface area (Å²) in [6.07, 6.45) is -0.672. The lowest BCUT2D eigenvalue weighted by atomic mass is 10.2. The predicted octanol–water partition coefficient (Wildman–Crippen LogP) is 5.02. The number of amides is 1. The van der Waals surface area contributed by atoms with E-state index in [1.54, 1.807) is 37.3 Å². The molecule has 1 unspecified atom stereocenters. The number of hydrogen-bond donors (Lipinski definition) is 1. The molecule has 0 saturated carbocycles. The van der Waals surface area contributed by atoms with Crippen LogP contribution in [0.1, 0.15) is 18.1 Å². The number of aryl methyl sites for hydroxylation is 2. The predicted molar refractivity (Wildman–Crippen MR) is 91.1 cm³/mol. The lowest BCUT2D eigenvalue weighted by molar-refractivity contribution is -0.122. The average Bonchev–Trinajstić information content (AvgIpc) is 2.45. The number of benzene rings is 2. The molecule has 0 saturated heterocycles. The van der Waals surface area contributed by atoms with Gasteiger partial charge in [0.15, 0.2) is 6.10 Å². The van der Waals surface area contributed by atoms with Gasteiger partial charge < -0.3 is 10.1 Å². The summed E-state index contributed by atoms with van der Waals surface area (Å²) in [5.74, 6) is 0.250. The standard InChI is InChI=1S/C17H17Cl2NO2/c1-10-4-6-14(19)16(8-10)22-12(3)17(21)20-15-7-5-13(18)9-11(15)2/h4-9,12H,1-3H3,(H,20,21). The second-order valence-electron chi connectivity index (χ2n) is 5.14. The molecule has 0 heterocycles. The molecule has 0 fully saturated rings. The van der Waals surface area contributed by atoms with Gasteiger partial charge in [0, 0.05) is 10.7 Å². The Balaban J connectivity index is 2.07. The van der Waals surface area contributed by atoms with Gasteiger partial charge in [-0.1, -0.05) is 29.3 Å². The summed E-state index contributed by atoms with van der Waals surface area (Å²) in [5.41, 5.74) is 2.61. The molecular formula is C17H17Cl2NO2. The summed E-state index contributed by atoms with van der Waals surface area (Å²) in [5, 5.41) is 3.94. The molecule has 0 aliphatic heterocycles. The van der Waals surface area contributed by atoms with E-state index in [9.17, 15) is 4.79 Å². The first kappa shape index (κ1) is 16.7. The van der Waals surface area contributed by atoms with Crippen molar-refractivity contribution in [3.63, 3.8) is 0 Å². The first-order chi connectivity index (χ1) is 10.4. The normalized spacial score (nSPS) is 11.9. The van der Waals surface area contributed by atoms with Gasteiger partial charge in [-0.2, -0.15) is 0 Å².